The van der Waals surface area contributed by atoms with Crippen molar-refractivity contribution >= 4 is 0 Å². The number of para-hydroxylation sites is 1. The molecular formula is C20H24F3NO4. The van der Waals surface area contributed by atoms with E-state index in [1.54, 1.807) is 6.07 Å². The molecule has 0 radical (unpaired) electrons. The molecule has 154 valence electrons. The summed E-state index contributed by atoms with van der Waals surface area (Å²) in [4.78, 5) is 2.20. The van der Waals surface area contributed by atoms with Crippen molar-refractivity contribution < 1.29 is 32.9 Å². The highest BCUT2D eigenvalue weighted by molar-refractivity contribution is 5.26. The highest BCUT2D eigenvalue weighted by Crippen LogP contribution is 2.21. The summed E-state index contributed by atoms with van der Waals surface area (Å²) in [6.45, 7) is 3.25. The zero-order chi connectivity index (χ0) is 20.4. The Hall–Kier alpha value is -2.29. The zero-order valence-electron chi connectivity index (χ0n) is 15.3. The molecule has 1 aliphatic rings. The van der Waals surface area contributed by atoms with E-state index in [4.69, 9.17) is 9.84 Å². The van der Waals surface area contributed by atoms with Gasteiger partial charge in [-0.3, -0.25) is 4.90 Å². The number of ether oxygens (including phenoxy) is 2. The molecule has 2 aromatic rings. The number of benzene rings is 2. The minimum Gasteiger partial charge on any atom is -0.492 e. The van der Waals surface area contributed by atoms with Crippen molar-refractivity contribution in [2.75, 3.05) is 26.2 Å². The lowest BCUT2D eigenvalue weighted by atomic mass is 10.2. The van der Waals surface area contributed by atoms with Crippen molar-refractivity contribution in [3.05, 3.63) is 60.2 Å². The third-order valence-corrected chi connectivity index (χ3v) is 4.01. The summed E-state index contributed by atoms with van der Waals surface area (Å²) in [7, 11) is 0. The van der Waals surface area contributed by atoms with Crippen molar-refractivity contribution in [2.45, 2.75) is 25.5 Å². The van der Waals surface area contributed by atoms with E-state index in [9.17, 15) is 18.3 Å². The van der Waals surface area contributed by atoms with Crippen molar-refractivity contribution in [1.29, 1.82) is 0 Å². The van der Waals surface area contributed by atoms with Crippen LogP contribution in [0.15, 0.2) is 54.6 Å². The fourth-order valence-corrected chi connectivity index (χ4v) is 2.62. The van der Waals surface area contributed by atoms with Crippen LogP contribution in [-0.2, 0) is 6.61 Å². The number of β-amino-alcohol motifs (C(OH)–C–C–N with tert-alkyl or cyclic N) is 1. The van der Waals surface area contributed by atoms with E-state index < -0.39 is 6.36 Å². The van der Waals surface area contributed by atoms with Gasteiger partial charge in [-0.2, -0.15) is 0 Å². The molecule has 1 saturated heterocycles. The molecule has 8 heteroatoms. The van der Waals surface area contributed by atoms with E-state index >= 15 is 0 Å². The molecule has 1 heterocycles. The predicted molar refractivity (Wildman–Crippen MR) is 98.0 cm³/mol. The molecule has 1 aliphatic heterocycles. The Morgan fingerprint density at radius 2 is 1.68 bits per heavy atom. The summed E-state index contributed by atoms with van der Waals surface area (Å²) in [6, 6.07) is 14.5. The first-order chi connectivity index (χ1) is 13.4. The molecule has 0 saturated carbocycles. The Balaban J connectivity index is 0.000000221. The quantitative estimate of drug-likeness (QED) is 0.781. The number of hydrogen-bond acceptors (Lipinski definition) is 5. The van der Waals surface area contributed by atoms with Gasteiger partial charge in [-0.05, 0) is 36.2 Å². The largest absolute Gasteiger partial charge is 0.573 e. The van der Waals surface area contributed by atoms with Crippen molar-refractivity contribution in [1.82, 2.24) is 4.90 Å². The van der Waals surface area contributed by atoms with Crippen LogP contribution < -0.4 is 9.47 Å². The van der Waals surface area contributed by atoms with Crippen LogP contribution in [0.25, 0.3) is 0 Å². The molecule has 0 aromatic heterocycles. The van der Waals surface area contributed by atoms with Crippen LogP contribution in [0.2, 0.25) is 0 Å². The molecule has 0 bridgehead atoms. The van der Waals surface area contributed by atoms with Gasteiger partial charge >= 0.3 is 6.36 Å². The second-order valence-electron chi connectivity index (χ2n) is 6.25. The van der Waals surface area contributed by atoms with E-state index in [0.29, 0.717) is 6.61 Å². The molecule has 0 amide bonds. The molecule has 1 fully saturated rings. The predicted octanol–water partition coefficient (Wildman–Crippen LogP) is 3.21. The first-order valence-electron chi connectivity index (χ1n) is 8.89. The highest BCUT2D eigenvalue weighted by Gasteiger charge is 2.30. The first kappa shape index (κ1) is 22.0. The molecule has 0 aliphatic carbocycles. The summed E-state index contributed by atoms with van der Waals surface area (Å²) >= 11 is 0. The van der Waals surface area contributed by atoms with Crippen LogP contribution in [0.5, 0.6) is 11.5 Å². The number of halogens is 3. The molecular weight excluding hydrogens is 375 g/mol. The van der Waals surface area contributed by atoms with Crippen molar-refractivity contribution in [3.8, 4) is 11.5 Å². The number of hydrogen-bond donors (Lipinski definition) is 2. The number of aliphatic hydroxyl groups is 2. The number of rotatable bonds is 6. The van der Waals surface area contributed by atoms with Gasteiger partial charge in [-0.25, -0.2) is 0 Å². The highest BCUT2D eigenvalue weighted by atomic mass is 19.4. The van der Waals surface area contributed by atoms with Crippen LogP contribution in [-0.4, -0.2) is 53.8 Å². The number of likely N-dealkylation sites (tertiary alicyclic amines) is 1. The summed E-state index contributed by atoms with van der Waals surface area (Å²) in [5.41, 5.74) is 0.889. The average Bonchev–Trinajstić information content (AvgIpc) is 3.07. The Labute approximate surface area is 161 Å². The SMILES string of the molecule is FC(F)(F)Oc1ccccc1.OCc1ccc(OCCN2CCC(O)C2)cc1. The van der Waals surface area contributed by atoms with Crippen LogP contribution in [0.4, 0.5) is 13.2 Å². The molecule has 1 atom stereocenters. The Morgan fingerprint density at radius 1 is 1.00 bits per heavy atom. The molecule has 3 rings (SSSR count). The van der Waals surface area contributed by atoms with Crippen LogP contribution in [0, 0.1) is 0 Å². The standard InChI is InChI=1S/C13H19NO3.C7H5F3O/c15-10-11-1-3-13(4-2-11)17-8-7-14-6-5-12(16)9-14;8-7(9,10)11-6-4-2-1-3-5-6/h1-4,12,15-16H,5-10H2;1-5H. The summed E-state index contributed by atoms with van der Waals surface area (Å²) < 4.78 is 43.8. The minimum absolute atomic E-state index is 0.0615. The van der Waals surface area contributed by atoms with Gasteiger partial charge in [0.05, 0.1) is 12.7 Å². The molecule has 0 spiro atoms. The van der Waals surface area contributed by atoms with Crippen LogP contribution >= 0.6 is 0 Å². The van der Waals surface area contributed by atoms with Gasteiger partial charge < -0.3 is 19.7 Å². The lowest BCUT2D eigenvalue weighted by Gasteiger charge is -2.15. The monoisotopic (exact) mass is 399 g/mol. The maximum Gasteiger partial charge on any atom is 0.573 e. The Kier molecular flexibility index (Phi) is 8.56. The average molecular weight is 399 g/mol. The van der Waals surface area contributed by atoms with Crippen LogP contribution in [0.3, 0.4) is 0 Å². The first-order valence-corrected chi connectivity index (χ1v) is 8.89. The van der Waals surface area contributed by atoms with Gasteiger partial charge in [0.1, 0.15) is 18.1 Å². The second kappa shape index (κ2) is 10.9. The Bertz CT molecular complexity index is 680. The molecule has 1 unspecified atom stereocenters. The topological polar surface area (TPSA) is 62.2 Å². The molecule has 5 nitrogen and oxygen atoms in total. The third-order valence-electron chi connectivity index (χ3n) is 4.01. The van der Waals surface area contributed by atoms with Gasteiger partial charge in [-0.15, -0.1) is 13.2 Å². The smallest absolute Gasteiger partial charge is 0.492 e. The van der Waals surface area contributed by atoms with E-state index in [2.05, 4.69) is 9.64 Å². The van der Waals surface area contributed by atoms with Crippen molar-refractivity contribution in [3.63, 3.8) is 0 Å². The van der Waals surface area contributed by atoms with Gasteiger partial charge in [0.25, 0.3) is 0 Å². The molecule has 2 aromatic carbocycles. The van der Waals surface area contributed by atoms with E-state index in [1.807, 2.05) is 24.3 Å². The number of nitrogens with zero attached hydrogens (tertiary/aromatic N) is 1. The lowest BCUT2D eigenvalue weighted by molar-refractivity contribution is -0.274. The van der Waals surface area contributed by atoms with Gasteiger partial charge in [0.2, 0.25) is 0 Å². The zero-order valence-corrected chi connectivity index (χ0v) is 15.3. The van der Waals surface area contributed by atoms with Gasteiger partial charge in [0.15, 0.2) is 0 Å². The molecule has 28 heavy (non-hydrogen) atoms. The summed E-state index contributed by atoms with van der Waals surface area (Å²) in [6.07, 6.45) is -3.90. The summed E-state index contributed by atoms with van der Waals surface area (Å²) in [5, 5.41) is 18.3. The summed E-state index contributed by atoms with van der Waals surface area (Å²) in [5.74, 6) is 0.627. The van der Waals surface area contributed by atoms with E-state index in [0.717, 1.165) is 37.4 Å². The van der Waals surface area contributed by atoms with Gasteiger partial charge in [-0.1, -0.05) is 30.3 Å². The maximum atomic E-state index is 11.5. The fourth-order valence-electron chi connectivity index (χ4n) is 2.62. The van der Waals surface area contributed by atoms with Crippen LogP contribution in [0.1, 0.15) is 12.0 Å². The van der Waals surface area contributed by atoms with E-state index in [1.165, 1.54) is 24.3 Å². The lowest BCUT2D eigenvalue weighted by Crippen LogP contribution is -2.27. The maximum absolute atomic E-state index is 11.5. The minimum atomic E-state index is -4.60. The number of alkyl halides is 3. The second-order valence-corrected chi connectivity index (χ2v) is 6.25. The Morgan fingerprint density at radius 3 is 2.21 bits per heavy atom. The normalized spacial score (nSPS) is 17.0. The third kappa shape index (κ3) is 8.60. The molecule has 2 N–H and O–H groups in total. The van der Waals surface area contributed by atoms with E-state index in [-0.39, 0.29) is 18.5 Å². The van der Waals surface area contributed by atoms with Crippen molar-refractivity contribution in [2.24, 2.45) is 0 Å². The fraction of sp³-hybridized carbons (Fsp3) is 0.400. The van der Waals surface area contributed by atoms with Gasteiger partial charge in [0, 0.05) is 19.6 Å². The number of aliphatic hydroxyl groups excluding tert-OH is 2.